The molecule has 0 aliphatic heterocycles. The van der Waals surface area contributed by atoms with E-state index in [-0.39, 0.29) is 19.1 Å². The number of hydrogen-bond donors (Lipinski definition) is 1. The van der Waals surface area contributed by atoms with Crippen LogP contribution in [0.5, 0.6) is 5.75 Å². The lowest BCUT2D eigenvalue weighted by Crippen LogP contribution is -2.21. The van der Waals surface area contributed by atoms with Gasteiger partial charge in [-0.25, -0.2) is 4.79 Å². The number of amides is 1. The van der Waals surface area contributed by atoms with Crippen molar-refractivity contribution < 1.29 is 19.1 Å². The van der Waals surface area contributed by atoms with E-state index in [9.17, 15) is 9.59 Å². The summed E-state index contributed by atoms with van der Waals surface area (Å²) in [5.41, 5.74) is 3.23. The van der Waals surface area contributed by atoms with Gasteiger partial charge in [-0.15, -0.1) is 11.3 Å². The first-order valence-corrected chi connectivity index (χ1v) is 10.9. The first-order chi connectivity index (χ1) is 14.6. The number of benzene rings is 2. The highest BCUT2D eigenvalue weighted by molar-refractivity contribution is 7.15. The molecule has 0 saturated heterocycles. The molecule has 1 amide bonds. The Bertz CT molecular complexity index is 980. The highest BCUT2D eigenvalue weighted by Gasteiger charge is 2.22. The molecule has 0 fully saturated rings. The average molecular weight is 424 g/mol. The molecule has 3 rings (SSSR count). The minimum atomic E-state index is -0.458. The molecule has 1 N–H and O–H groups in total. The lowest BCUT2D eigenvalue weighted by Gasteiger charge is -2.10. The number of aryl methyl sites for hydroxylation is 1. The van der Waals surface area contributed by atoms with Crippen LogP contribution in [0.2, 0.25) is 0 Å². The van der Waals surface area contributed by atoms with Crippen LogP contribution in [-0.4, -0.2) is 25.1 Å². The lowest BCUT2D eigenvalue weighted by atomic mass is 10.0. The SMILES string of the molecule is CCCc1ccc(OCC(=O)Nc2scc(-c3ccccc3)c2C(=O)OCC)cc1. The number of rotatable bonds is 9. The number of esters is 1. The highest BCUT2D eigenvalue weighted by atomic mass is 32.1. The molecule has 6 heteroatoms. The number of nitrogens with one attached hydrogen (secondary N) is 1. The van der Waals surface area contributed by atoms with Crippen molar-refractivity contribution in [2.45, 2.75) is 26.7 Å². The fourth-order valence-electron chi connectivity index (χ4n) is 3.04. The molecule has 30 heavy (non-hydrogen) atoms. The Morgan fingerprint density at radius 3 is 2.40 bits per heavy atom. The molecular formula is C24H25NO4S. The van der Waals surface area contributed by atoms with Crippen LogP contribution in [0.4, 0.5) is 5.00 Å². The van der Waals surface area contributed by atoms with Gasteiger partial charge < -0.3 is 14.8 Å². The summed E-state index contributed by atoms with van der Waals surface area (Å²) >= 11 is 1.29. The van der Waals surface area contributed by atoms with E-state index < -0.39 is 5.97 Å². The molecular weight excluding hydrogens is 398 g/mol. The minimum absolute atomic E-state index is 0.145. The van der Waals surface area contributed by atoms with Gasteiger partial charge in [0.2, 0.25) is 0 Å². The smallest absolute Gasteiger partial charge is 0.341 e. The summed E-state index contributed by atoms with van der Waals surface area (Å²) in [7, 11) is 0. The van der Waals surface area contributed by atoms with Gasteiger partial charge in [-0.2, -0.15) is 0 Å². The van der Waals surface area contributed by atoms with Crippen molar-refractivity contribution >= 4 is 28.2 Å². The maximum Gasteiger partial charge on any atom is 0.341 e. The topological polar surface area (TPSA) is 64.6 Å². The third-order valence-electron chi connectivity index (χ3n) is 4.44. The maximum atomic E-state index is 12.6. The van der Waals surface area contributed by atoms with Crippen LogP contribution in [0.15, 0.2) is 60.0 Å². The molecule has 0 radical (unpaired) electrons. The third-order valence-corrected chi connectivity index (χ3v) is 5.34. The summed E-state index contributed by atoms with van der Waals surface area (Å²) in [6, 6.07) is 17.3. The van der Waals surface area contributed by atoms with E-state index in [0.717, 1.165) is 24.0 Å². The predicted molar refractivity (Wildman–Crippen MR) is 120 cm³/mol. The molecule has 3 aromatic rings. The zero-order valence-corrected chi connectivity index (χ0v) is 18.0. The van der Waals surface area contributed by atoms with Crippen molar-refractivity contribution in [1.29, 1.82) is 0 Å². The summed E-state index contributed by atoms with van der Waals surface area (Å²) in [5.74, 6) is -0.160. The quantitative estimate of drug-likeness (QED) is 0.458. The normalized spacial score (nSPS) is 10.5. The Morgan fingerprint density at radius 2 is 1.73 bits per heavy atom. The van der Waals surface area contributed by atoms with Crippen LogP contribution in [0.3, 0.4) is 0 Å². The summed E-state index contributed by atoms with van der Waals surface area (Å²) < 4.78 is 10.8. The van der Waals surface area contributed by atoms with Gasteiger partial charge >= 0.3 is 5.97 Å². The average Bonchev–Trinajstić information content (AvgIpc) is 3.18. The van der Waals surface area contributed by atoms with Crippen molar-refractivity contribution in [2.75, 3.05) is 18.5 Å². The number of ether oxygens (including phenoxy) is 2. The van der Waals surface area contributed by atoms with Gasteiger partial charge in [0, 0.05) is 10.9 Å². The predicted octanol–water partition coefficient (Wildman–Crippen LogP) is 5.56. The van der Waals surface area contributed by atoms with Gasteiger partial charge in [-0.05, 0) is 36.6 Å². The number of carbonyl (C=O) groups excluding carboxylic acids is 2. The van der Waals surface area contributed by atoms with Crippen molar-refractivity contribution in [2.24, 2.45) is 0 Å². The van der Waals surface area contributed by atoms with Crippen LogP contribution >= 0.6 is 11.3 Å². The zero-order valence-electron chi connectivity index (χ0n) is 17.1. The number of hydrogen-bond acceptors (Lipinski definition) is 5. The number of anilines is 1. The van der Waals surface area contributed by atoms with Crippen LogP contribution in [0, 0.1) is 0 Å². The Kier molecular flexibility index (Phi) is 7.63. The lowest BCUT2D eigenvalue weighted by molar-refractivity contribution is -0.118. The summed E-state index contributed by atoms with van der Waals surface area (Å²) in [6.07, 6.45) is 2.09. The van der Waals surface area contributed by atoms with Crippen molar-refractivity contribution in [3.05, 3.63) is 71.1 Å². The molecule has 5 nitrogen and oxygen atoms in total. The molecule has 2 aromatic carbocycles. The fourth-order valence-corrected chi connectivity index (χ4v) is 4.01. The van der Waals surface area contributed by atoms with E-state index in [1.807, 2.05) is 60.0 Å². The second-order valence-corrected chi connectivity index (χ2v) is 7.55. The summed E-state index contributed by atoms with van der Waals surface area (Å²) in [6.45, 7) is 4.00. The first kappa shape index (κ1) is 21.6. The largest absolute Gasteiger partial charge is 0.484 e. The van der Waals surface area contributed by atoms with E-state index in [2.05, 4.69) is 12.2 Å². The van der Waals surface area contributed by atoms with E-state index in [4.69, 9.17) is 9.47 Å². The van der Waals surface area contributed by atoms with Gasteiger partial charge in [0.05, 0.1) is 6.61 Å². The van der Waals surface area contributed by atoms with Crippen molar-refractivity contribution in [3.63, 3.8) is 0 Å². The Balaban J connectivity index is 1.71. The summed E-state index contributed by atoms with van der Waals surface area (Å²) in [4.78, 5) is 25.0. The molecule has 0 spiro atoms. The second-order valence-electron chi connectivity index (χ2n) is 6.67. The fraction of sp³-hybridized carbons (Fsp3) is 0.250. The van der Waals surface area contributed by atoms with E-state index >= 15 is 0 Å². The van der Waals surface area contributed by atoms with E-state index in [1.165, 1.54) is 16.9 Å². The Morgan fingerprint density at radius 1 is 1.00 bits per heavy atom. The molecule has 1 aromatic heterocycles. The first-order valence-electron chi connectivity index (χ1n) is 9.98. The van der Waals surface area contributed by atoms with Crippen molar-refractivity contribution in [3.8, 4) is 16.9 Å². The van der Waals surface area contributed by atoms with Gasteiger partial charge in [0.1, 0.15) is 16.3 Å². The highest BCUT2D eigenvalue weighted by Crippen LogP contribution is 2.36. The molecule has 1 heterocycles. The molecule has 0 atom stereocenters. The van der Waals surface area contributed by atoms with Crippen LogP contribution < -0.4 is 10.1 Å². The Hall–Kier alpha value is -3.12. The summed E-state index contributed by atoms with van der Waals surface area (Å²) in [5, 5.41) is 5.10. The van der Waals surface area contributed by atoms with E-state index in [1.54, 1.807) is 6.92 Å². The second kappa shape index (κ2) is 10.6. The maximum absolute atomic E-state index is 12.6. The molecule has 0 unspecified atom stereocenters. The Labute approximate surface area is 180 Å². The van der Waals surface area contributed by atoms with Gasteiger partial charge in [-0.1, -0.05) is 55.8 Å². The molecule has 156 valence electrons. The third kappa shape index (κ3) is 5.48. The van der Waals surface area contributed by atoms with Crippen LogP contribution in [-0.2, 0) is 16.0 Å². The van der Waals surface area contributed by atoms with Crippen LogP contribution in [0.1, 0.15) is 36.2 Å². The van der Waals surface area contributed by atoms with Crippen LogP contribution in [0.25, 0.3) is 11.1 Å². The zero-order chi connectivity index (χ0) is 21.3. The molecule has 0 bridgehead atoms. The molecule has 0 saturated carbocycles. The van der Waals surface area contributed by atoms with E-state index in [0.29, 0.717) is 16.3 Å². The molecule has 0 aliphatic rings. The minimum Gasteiger partial charge on any atom is -0.484 e. The number of carbonyl (C=O) groups is 2. The number of thiophene rings is 1. The van der Waals surface area contributed by atoms with Gasteiger partial charge in [-0.3, -0.25) is 4.79 Å². The molecule has 0 aliphatic carbocycles. The van der Waals surface area contributed by atoms with Gasteiger partial charge in [0.25, 0.3) is 5.91 Å². The standard InChI is InChI=1S/C24H25NO4S/c1-3-8-17-11-13-19(14-12-17)29-15-21(26)25-23-22(24(27)28-4-2)20(16-30-23)18-9-6-5-7-10-18/h5-7,9-14,16H,3-4,8,15H2,1-2H3,(H,25,26). The van der Waals surface area contributed by atoms with Gasteiger partial charge in [0.15, 0.2) is 6.61 Å². The van der Waals surface area contributed by atoms with Crippen molar-refractivity contribution in [1.82, 2.24) is 0 Å². The monoisotopic (exact) mass is 423 g/mol.